The van der Waals surface area contributed by atoms with E-state index in [1.165, 1.54) is 6.07 Å². The van der Waals surface area contributed by atoms with Gasteiger partial charge in [0.2, 0.25) is 0 Å². The first-order chi connectivity index (χ1) is 5.52. The Kier molecular flexibility index (Phi) is 2.89. The lowest BCUT2D eigenvalue weighted by molar-refractivity contribution is 0.632. The smallest absolute Gasteiger partial charge is 0.148 e. The van der Waals surface area contributed by atoms with Gasteiger partial charge >= 0.3 is 0 Å². The van der Waals surface area contributed by atoms with E-state index in [-0.39, 0.29) is 14.4 Å². The quantitative estimate of drug-likeness (QED) is 0.467. The molecule has 0 aliphatic heterocycles. The summed E-state index contributed by atoms with van der Waals surface area (Å²) in [7, 11) is 0. The largest absolute Gasteiger partial charge is 0.396 e. The van der Waals surface area contributed by atoms with E-state index in [9.17, 15) is 4.39 Å². The highest BCUT2D eigenvalue weighted by Gasteiger charge is 2.08. The fourth-order valence-corrected chi connectivity index (χ4v) is 1.42. The van der Waals surface area contributed by atoms with Gasteiger partial charge in [0.1, 0.15) is 9.54 Å². The van der Waals surface area contributed by atoms with Gasteiger partial charge in [-0.1, -0.05) is 11.6 Å². The second-order valence-electron chi connectivity index (χ2n) is 2.16. The Labute approximate surface area is 87.6 Å². The lowest BCUT2D eigenvalue weighted by Gasteiger charge is -2.03. The second-order valence-corrected chi connectivity index (χ2v) is 3.68. The summed E-state index contributed by atoms with van der Waals surface area (Å²) in [4.78, 5) is 0. The van der Waals surface area contributed by atoms with Crippen LogP contribution < -0.4 is 5.73 Å². The first-order valence-corrected chi connectivity index (χ1v) is 4.47. The highest BCUT2D eigenvalue weighted by atomic mass is 127. The van der Waals surface area contributed by atoms with E-state index >= 15 is 0 Å². The molecule has 0 spiro atoms. The summed E-state index contributed by atoms with van der Waals surface area (Å²) in [6.45, 7) is 0. The normalized spacial score (nSPS) is 9.92. The van der Waals surface area contributed by atoms with Gasteiger partial charge in [0.05, 0.1) is 5.69 Å². The summed E-state index contributed by atoms with van der Waals surface area (Å²) in [5, 5.41) is 7.50. The predicted molar refractivity (Wildman–Crippen MR) is 56.7 cm³/mol. The molecule has 0 fully saturated rings. The lowest BCUT2D eigenvalue weighted by atomic mass is 10.2. The molecule has 2 nitrogen and oxygen atoms in total. The minimum atomic E-state index is -0.584. The molecule has 0 aliphatic carbocycles. The Balaban J connectivity index is 3.37. The molecular formula is C7H5ClFIN2. The maximum atomic E-state index is 12.9. The molecule has 12 heavy (non-hydrogen) atoms. The molecule has 1 aromatic carbocycles. The van der Waals surface area contributed by atoms with Gasteiger partial charge in [-0.05, 0) is 34.7 Å². The van der Waals surface area contributed by atoms with E-state index in [1.807, 2.05) is 0 Å². The van der Waals surface area contributed by atoms with Crippen molar-refractivity contribution in [2.75, 3.05) is 5.73 Å². The SMILES string of the molecule is N=C(I)c1cc(Cl)cc(F)c1N. The molecule has 5 heteroatoms. The van der Waals surface area contributed by atoms with Crippen LogP contribution in [0.15, 0.2) is 12.1 Å². The van der Waals surface area contributed by atoms with E-state index in [2.05, 4.69) is 0 Å². The maximum Gasteiger partial charge on any atom is 0.148 e. The van der Waals surface area contributed by atoms with Crippen LogP contribution in [-0.4, -0.2) is 3.72 Å². The zero-order chi connectivity index (χ0) is 9.30. The number of nitrogens with two attached hydrogens (primary N) is 1. The van der Waals surface area contributed by atoms with Crippen LogP contribution >= 0.6 is 34.2 Å². The summed E-state index contributed by atoms with van der Waals surface area (Å²) >= 11 is 7.32. The van der Waals surface area contributed by atoms with Gasteiger partial charge < -0.3 is 5.73 Å². The molecule has 0 unspecified atom stereocenters. The third-order valence-electron chi connectivity index (χ3n) is 1.33. The highest BCUT2D eigenvalue weighted by Crippen LogP contribution is 2.23. The van der Waals surface area contributed by atoms with Gasteiger partial charge in [0.25, 0.3) is 0 Å². The van der Waals surface area contributed by atoms with Crippen LogP contribution in [0.2, 0.25) is 5.02 Å². The standard InChI is InChI=1S/C7H5ClFIN2/c8-3-1-4(7(10)12)6(11)5(9)2-3/h1-2,12H,11H2. The van der Waals surface area contributed by atoms with Crippen LogP contribution in [0.1, 0.15) is 5.56 Å². The molecule has 0 heterocycles. The van der Waals surface area contributed by atoms with E-state index in [1.54, 1.807) is 22.6 Å². The number of hydrogen-bond acceptors (Lipinski definition) is 2. The predicted octanol–water partition coefficient (Wildman–Crippen LogP) is 2.82. The van der Waals surface area contributed by atoms with E-state index in [0.717, 1.165) is 6.07 Å². The third kappa shape index (κ3) is 1.87. The van der Waals surface area contributed by atoms with Crippen molar-refractivity contribution < 1.29 is 4.39 Å². The number of nitrogens with one attached hydrogen (secondary N) is 1. The number of benzene rings is 1. The van der Waals surface area contributed by atoms with Gasteiger partial charge in [0.15, 0.2) is 0 Å². The van der Waals surface area contributed by atoms with Crippen LogP contribution in [0.3, 0.4) is 0 Å². The number of anilines is 1. The molecule has 64 valence electrons. The van der Waals surface area contributed by atoms with E-state index in [0.29, 0.717) is 5.56 Å². The van der Waals surface area contributed by atoms with Crippen molar-refractivity contribution in [3.05, 3.63) is 28.5 Å². The summed E-state index contributed by atoms with van der Waals surface area (Å²) in [6.07, 6.45) is 0. The van der Waals surface area contributed by atoms with Crippen LogP contribution in [-0.2, 0) is 0 Å². The number of halogens is 3. The van der Waals surface area contributed by atoms with Crippen LogP contribution in [0.4, 0.5) is 10.1 Å². The number of hydrogen-bond donors (Lipinski definition) is 2. The zero-order valence-corrected chi connectivity index (χ0v) is 8.78. The Morgan fingerprint density at radius 2 is 2.17 bits per heavy atom. The van der Waals surface area contributed by atoms with Gasteiger partial charge in [-0.25, -0.2) is 4.39 Å². The lowest BCUT2D eigenvalue weighted by Crippen LogP contribution is -2.00. The Bertz CT molecular complexity index is 340. The fraction of sp³-hybridized carbons (Fsp3) is 0. The molecule has 0 bridgehead atoms. The topological polar surface area (TPSA) is 49.9 Å². The van der Waals surface area contributed by atoms with E-state index < -0.39 is 5.82 Å². The fourth-order valence-electron chi connectivity index (χ4n) is 0.766. The molecule has 0 atom stereocenters. The minimum absolute atomic E-state index is 0.0289. The van der Waals surface area contributed by atoms with Gasteiger partial charge in [0, 0.05) is 10.6 Å². The molecular weight excluding hydrogens is 293 g/mol. The maximum absolute atomic E-state index is 12.9. The van der Waals surface area contributed by atoms with Crippen molar-refractivity contribution in [3.63, 3.8) is 0 Å². The van der Waals surface area contributed by atoms with Crippen LogP contribution in [0.25, 0.3) is 0 Å². The minimum Gasteiger partial charge on any atom is -0.396 e. The summed E-state index contributed by atoms with van der Waals surface area (Å²) in [6, 6.07) is 2.59. The second kappa shape index (κ2) is 3.57. The molecule has 0 aliphatic rings. The third-order valence-corrected chi connectivity index (χ3v) is 2.13. The van der Waals surface area contributed by atoms with E-state index in [4.69, 9.17) is 22.7 Å². The van der Waals surface area contributed by atoms with Crippen molar-refractivity contribution in [1.29, 1.82) is 5.41 Å². The molecule has 3 N–H and O–H groups in total. The van der Waals surface area contributed by atoms with Crippen molar-refractivity contribution in [1.82, 2.24) is 0 Å². The Hall–Kier alpha value is -0.360. The number of rotatable bonds is 1. The summed E-state index contributed by atoms with van der Waals surface area (Å²) in [5.74, 6) is -0.584. The van der Waals surface area contributed by atoms with Crippen molar-refractivity contribution in [2.24, 2.45) is 0 Å². The highest BCUT2D eigenvalue weighted by molar-refractivity contribution is 14.1. The first kappa shape index (κ1) is 9.73. The van der Waals surface area contributed by atoms with Crippen LogP contribution in [0, 0.1) is 11.2 Å². The van der Waals surface area contributed by atoms with Gasteiger partial charge in [-0.2, -0.15) is 0 Å². The zero-order valence-electron chi connectivity index (χ0n) is 5.87. The first-order valence-electron chi connectivity index (χ1n) is 3.01. The summed E-state index contributed by atoms with van der Waals surface area (Å²) < 4.78 is 13.1. The molecule has 0 aromatic heterocycles. The average molecular weight is 298 g/mol. The van der Waals surface area contributed by atoms with Crippen LogP contribution in [0.5, 0.6) is 0 Å². The molecule has 1 rings (SSSR count). The molecule has 0 radical (unpaired) electrons. The molecule has 0 saturated carbocycles. The van der Waals surface area contributed by atoms with Crippen molar-refractivity contribution >= 4 is 43.6 Å². The van der Waals surface area contributed by atoms with Crippen molar-refractivity contribution in [3.8, 4) is 0 Å². The monoisotopic (exact) mass is 298 g/mol. The van der Waals surface area contributed by atoms with Gasteiger partial charge in [-0.3, -0.25) is 5.41 Å². The van der Waals surface area contributed by atoms with Gasteiger partial charge in [-0.15, -0.1) is 0 Å². The molecule has 0 saturated heterocycles. The molecule has 0 amide bonds. The van der Waals surface area contributed by atoms with Crippen molar-refractivity contribution in [2.45, 2.75) is 0 Å². The number of nitrogen functional groups attached to an aromatic ring is 1. The summed E-state index contributed by atoms with van der Waals surface area (Å²) in [5.41, 5.74) is 5.68. The Morgan fingerprint density at radius 1 is 1.58 bits per heavy atom. The Morgan fingerprint density at radius 3 is 2.67 bits per heavy atom. The molecule has 1 aromatic rings. The average Bonchev–Trinajstić information content (AvgIpc) is 1.96.